The van der Waals surface area contributed by atoms with Crippen LogP contribution in [-0.2, 0) is 21.9 Å². The summed E-state index contributed by atoms with van der Waals surface area (Å²) in [5.74, 6) is 0.617. The van der Waals surface area contributed by atoms with Crippen molar-refractivity contribution in [3.8, 4) is 0 Å². The van der Waals surface area contributed by atoms with Crippen molar-refractivity contribution in [1.29, 1.82) is 0 Å². The standard InChI is InChI=1S/C17H31N5O3S/c1-12(2)17(4,11-18)20-16(23)14-6-8-22(9-7-14)26(24,25)15-10-21(5)13(3)19-15/h10,12,14H,6-9,11,18H2,1-5H3,(H,20,23). The summed E-state index contributed by atoms with van der Waals surface area (Å²) in [7, 11) is -1.85. The van der Waals surface area contributed by atoms with Gasteiger partial charge in [0.1, 0.15) is 5.82 Å². The number of amides is 1. The van der Waals surface area contributed by atoms with Gasteiger partial charge in [0.15, 0.2) is 5.03 Å². The lowest BCUT2D eigenvalue weighted by Gasteiger charge is -2.36. The number of hydrogen-bond donors (Lipinski definition) is 2. The van der Waals surface area contributed by atoms with Crippen LogP contribution < -0.4 is 11.1 Å². The third kappa shape index (κ3) is 4.10. The van der Waals surface area contributed by atoms with E-state index in [1.165, 1.54) is 10.5 Å². The number of nitrogens with one attached hydrogen (secondary N) is 1. The smallest absolute Gasteiger partial charge is 0.262 e. The number of nitrogens with two attached hydrogens (primary N) is 1. The van der Waals surface area contributed by atoms with Crippen molar-refractivity contribution in [2.24, 2.45) is 24.6 Å². The van der Waals surface area contributed by atoms with E-state index < -0.39 is 15.6 Å². The second kappa shape index (κ2) is 7.66. The Labute approximate surface area is 156 Å². The van der Waals surface area contributed by atoms with Crippen molar-refractivity contribution in [3.63, 3.8) is 0 Å². The van der Waals surface area contributed by atoms with Gasteiger partial charge in [-0.25, -0.2) is 13.4 Å². The number of aromatic nitrogens is 2. The quantitative estimate of drug-likeness (QED) is 0.746. The fraction of sp³-hybridized carbons (Fsp3) is 0.765. The Bertz CT molecular complexity index is 731. The van der Waals surface area contributed by atoms with Crippen LogP contribution in [0.4, 0.5) is 0 Å². The van der Waals surface area contributed by atoms with Crippen LogP contribution in [0.2, 0.25) is 0 Å². The highest BCUT2D eigenvalue weighted by atomic mass is 32.2. The molecule has 26 heavy (non-hydrogen) atoms. The van der Waals surface area contributed by atoms with Gasteiger partial charge in [-0.1, -0.05) is 13.8 Å². The first-order valence-corrected chi connectivity index (χ1v) is 10.5. The molecule has 1 fully saturated rings. The molecule has 0 spiro atoms. The predicted molar refractivity (Wildman–Crippen MR) is 99.9 cm³/mol. The second-order valence-corrected chi connectivity index (χ2v) is 9.57. The van der Waals surface area contributed by atoms with E-state index >= 15 is 0 Å². The van der Waals surface area contributed by atoms with Crippen LogP contribution in [0.5, 0.6) is 0 Å². The molecular weight excluding hydrogens is 354 g/mol. The summed E-state index contributed by atoms with van der Waals surface area (Å²) in [4.78, 5) is 16.7. The van der Waals surface area contributed by atoms with Crippen molar-refractivity contribution in [2.75, 3.05) is 19.6 Å². The average Bonchev–Trinajstić information content (AvgIpc) is 2.94. The summed E-state index contributed by atoms with van der Waals surface area (Å²) in [6.07, 6.45) is 2.52. The molecule has 0 aliphatic carbocycles. The monoisotopic (exact) mass is 385 g/mol. The molecule has 0 bridgehead atoms. The molecule has 1 aromatic rings. The number of nitrogens with zero attached hydrogens (tertiary/aromatic N) is 3. The zero-order valence-electron chi connectivity index (χ0n) is 16.3. The molecule has 1 atom stereocenters. The van der Waals surface area contributed by atoms with Crippen molar-refractivity contribution in [2.45, 2.75) is 51.1 Å². The highest BCUT2D eigenvalue weighted by Crippen LogP contribution is 2.25. The Morgan fingerprint density at radius 2 is 2.00 bits per heavy atom. The lowest BCUT2D eigenvalue weighted by Crippen LogP contribution is -2.57. The highest BCUT2D eigenvalue weighted by Gasteiger charge is 2.36. The Hall–Kier alpha value is -1.45. The second-order valence-electron chi connectivity index (χ2n) is 7.68. The molecule has 8 nitrogen and oxygen atoms in total. The maximum Gasteiger partial charge on any atom is 0.262 e. The fourth-order valence-electron chi connectivity index (χ4n) is 2.96. The first-order valence-electron chi connectivity index (χ1n) is 9.03. The molecule has 2 heterocycles. The Balaban J connectivity index is 2.01. The Morgan fingerprint density at radius 3 is 2.42 bits per heavy atom. The third-order valence-corrected chi connectivity index (χ3v) is 7.39. The summed E-state index contributed by atoms with van der Waals surface area (Å²) in [6.45, 7) is 8.75. The van der Waals surface area contributed by atoms with Crippen molar-refractivity contribution < 1.29 is 13.2 Å². The van der Waals surface area contributed by atoms with Gasteiger partial charge in [0, 0.05) is 38.8 Å². The van der Waals surface area contributed by atoms with Gasteiger partial charge in [0.25, 0.3) is 10.0 Å². The number of aryl methyl sites for hydroxylation is 2. The van der Waals surface area contributed by atoms with Crippen molar-refractivity contribution in [1.82, 2.24) is 19.2 Å². The molecule has 3 N–H and O–H groups in total. The van der Waals surface area contributed by atoms with E-state index in [1.54, 1.807) is 18.5 Å². The van der Waals surface area contributed by atoms with E-state index in [2.05, 4.69) is 10.3 Å². The minimum absolute atomic E-state index is 0.0441. The summed E-state index contributed by atoms with van der Waals surface area (Å²) in [5.41, 5.74) is 5.38. The number of carbonyl (C=O) groups is 1. The van der Waals surface area contributed by atoms with E-state index in [4.69, 9.17) is 5.73 Å². The van der Waals surface area contributed by atoms with Crippen LogP contribution in [0.15, 0.2) is 11.2 Å². The first kappa shape index (κ1) is 20.9. The largest absolute Gasteiger partial charge is 0.349 e. The summed E-state index contributed by atoms with van der Waals surface area (Å²) in [6, 6.07) is 0. The van der Waals surface area contributed by atoms with E-state index in [0.717, 1.165) is 0 Å². The molecule has 0 radical (unpaired) electrons. The van der Waals surface area contributed by atoms with E-state index in [-0.39, 0.29) is 22.8 Å². The highest BCUT2D eigenvalue weighted by molar-refractivity contribution is 7.89. The maximum atomic E-state index is 12.7. The fourth-order valence-corrected chi connectivity index (χ4v) is 4.45. The summed E-state index contributed by atoms with van der Waals surface area (Å²) < 4.78 is 28.6. The van der Waals surface area contributed by atoms with Crippen LogP contribution in [0, 0.1) is 18.8 Å². The number of hydrogen-bond acceptors (Lipinski definition) is 5. The van der Waals surface area contributed by atoms with Crippen molar-refractivity contribution >= 4 is 15.9 Å². The molecule has 148 valence electrons. The van der Waals surface area contributed by atoms with Gasteiger partial charge < -0.3 is 15.6 Å². The van der Waals surface area contributed by atoms with Crippen LogP contribution in [0.25, 0.3) is 0 Å². The van der Waals surface area contributed by atoms with Crippen LogP contribution in [0.1, 0.15) is 39.4 Å². The molecule has 0 aromatic carbocycles. The molecular formula is C17H31N5O3S. The van der Waals surface area contributed by atoms with E-state index in [0.29, 0.717) is 38.3 Å². The van der Waals surface area contributed by atoms with Gasteiger partial charge in [-0.2, -0.15) is 4.31 Å². The van der Waals surface area contributed by atoms with Gasteiger partial charge in [-0.3, -0.25) is 4.79 Å². The number of carbonyl (C=O) groups excluding carboxylic acids is 1. The lowest BCUT2D eigenvalue weighted by atomic mass is 9.87. The minimum Gasteiger partial charge on any atom is -0.349 e. The van der Waals surface area contributed by atoms with Crippen LogP contribution in [0.3, 0.4) is 0 Å². The lowest BCUT2D eigenvalue weighted by molar-refractivity contribution is -0.128. The average molecular weight is 386 g/mol. The zero-order chi connectivity index (χ0) is 19.7. The normalized spacial score (nSPS) is 19.5. The predicted octanol–water partition coefficient (Wildman–Crippen LogP) is 0.619. The molecule has 1 aromatic heterocycles. The van der Waals surface area contributed by atoms with Crippen LogP contribution >= 0.6 is 0 Å². The van der Waals surface area contributed by atoms with Gasteiger partial charge >= 0.3 is 0 Å². The van der Waals surface area contributed by atoms with Gasteiger partial charge in [0.2, 0.25) is 5.91 Å². The molecule has 1 aliphatic rings. The maximum absolute atomic E-state index is 12.7. The number of sulfonamides is 1. The van der Waals surface area contributed by atoms with Crippen molar-refractivity contribution in [3.05, 3.63) is 12.0 Å². The molecule has 9 heteroatoms. The minimum atomic E-state index is -3.62. The number of rotatable bonds is 6. The molecule has 1 unspecified atom stereocenters. The summed E-state index contributed by atoms with van der Waals surface area (Å²) in [5, 5.41) is 3.13. The first-order chi connectivity index (χ1) is 12.0. The summed E-state index contributed by atoms with van der Waals surface area (Å²) >= 11 is 0. The third-order valence-electron chi connectivity index (χ3n) is 5.62. The van der Waals surface area contributed by atoms with E-state index in [9.17, 15) is 13.2 Å². The SMILES string of the molecule is Cc1nc(S(=O)(=O)N2CCC(C(=O)NC(C)(CN)C(C)C)CC2)cn1C. The molecule has 1 aliphatic heterocycles. The number of piperidine rings is 1. The van der Waals surface area contributed by atoms with Gasteiger partial charge in [-0.15, -0.1) is 0 Å². The molecule has 1 saturated heterocycles. The Kier molecular flexibility index (Phi) is 6.14. The van der Waals surface area contributed by atoms with Crippen LogP contribution in [-0.4, -0.2) is 53.4 Å². The number of imidazole rings is 1. The topological polar surface area (TPSA) is 110 Å². The van der Waals surface area contributed by atoms with Gasteiger partial charge in [0.05, 0.1) is 5.54 Å². The van der Waals surface area contributed by atoms with Gasteiger partial charge in [-0.05, 0) is 32.6 Å². The Morgan fingerprint density at radius 1 is 1.42 bits per heavy atom. The molecule has 1 amide bonds. The van der Waals surface area contributed by atoms with E-state index in [1.807, 2.05) is 20.8 Å². The molecule has 2 rings (SSSR count). The zero-order valence-corrected chi connectivity index (χ0v) is 17.1. The molecule has 0 saturated carbocycles.